The van der Waals surface area contributed by atoms with Crippen molar-refractivity contribution in [2.45, 2.75) is 20.0 Å². The van der Waals surface area contributed by atoms with Crippen molar-refractivity contribution in [1.82, 2.24) is 14.7 Å². The van der Waals surface area contributed by atoms with Gasteiger partial charge in [0.15, 0.2) is 0 Å². The van der Waals surface area contributed by atoms with Crippen molar-refractivity contribution >= 4 is 5.91 Å². The molecule has 0 saturated carbocycles. The van der Waals surface area contributed by atoms with E-state index in [1.807, 2.05) is 23.9 Å². The molecule has 1 aromatic rings. The largest absolute Gasteiger partial charge is 0.336 e. The first-order valence-electron chi connectivity index (χ1n) is 4.57. The number of likely N-dealkylation sites (N-methyl/N-ethyl adjacent to an activating group) is 1. The van der Waals surface area contributed by atoms with Crippen LogP contribution in [0.5, 0.6) is 0 Å². The summed E-state index contributed by atoms with van der Waals surface area (Å²) in [6.45, 7) is 6.82. The molecule has 0 spiro atoms. The molecule has 1 heterocycles. The van der Waals surface area contributed by atoms with E-state index in [-0.39, 0.29) is 5.91 Å². The third-order valence-electron chi connectivity index (χ3n) is 1.97. The fraction of sp³-hybridized carbons (Fsp3) is 0.400. The van der Waals surface area contributed by atoms with Gasteiger partial charge >= 0.3 is 0 Å². The molecule has 0 fully saturated rings. The van der Waals surface area contributed by atoms with Crippen LogP contribution in [0.4, 0.5) is 0 Å². The van der Waals surface area contributed by atoms with Crippen molar-refractivity contribution < 1.29 is 4.79 Å². The molecule has 0 aromatic carbocycles. The van der Waals surface area contributed by atoms with Crippen molar-refractivity contribution in [1.29, 1.82) is 0 Å². The van der Waals surface area contributed by atoms with Crippen molar-refractivity contribution in [3.63, 3.8) is 0 Å². The highest BCUT2D eigenvalue weighted by molar-refractivity contribution is 5.86. The molecule has 1 rings (SSSR count). The van der Waals surface area contributed by atoms with Gasteiger partial charge in [-0.2, -0.15) is 5.10 Å². The van der Waals surface area contributed by atoms with Gasteiger partial charge in [0, 0.05) is 19.8 Å². The fourth-order valence-corrected chi connectivity index (χ4v) is 1.14. The van der Waals surface area contributed by atoms with Crippen molar-refractivity contribution in [3.05, 3.63) is 30.6 Å². The van der Waals surface area contributed by atoms with Gasteiger partial charge in [-0.25, -0.2) is 0 Å². The van der Waals surface area contributed by atoms with E-state index in [1.165, 1.54) is 6.08 Å². The zero-order valence-corrected chi connectivity index (χ0v) is 8.60. The van der Waals surface area contributed by atoms with Crippen molar-refractivity contribution in [2.75, 3.05) is 7.05 Å². The average Bonchev–Trinajstić information content (AvgIpc) is 2.64. The molecule has 76 valence electrons. The number of amides is 1. The first kappa shape index (κ1) is 10.5. The maximum Gasteiger partial charge on any atom is 0.246 e. The summed E-state index contributed by atoms with van der Waals surface area (Å²) in [5.74, 6) is -0.0870. The first-order chi connectivity index (χ1) is 6.67. The molecule has 14 heavy (non-hydrogen) atoms. The van der Waals surface area contributed by atoms with E-state index in [0.29, 0.717) is 6.54 Å². The van der Waals surface area contributed by atoms with Crippen LogP contribution in [0.3, 0.4) is 0 Å². The summed E-state index contributed by atoms with van der Waals surface area (Å²) in [5.41, 5.74) is 0.893. The number of aryl methyl sites for hydroxylation is 1. The Balaban J connectivity index is 2.59. The maximum atomic E-state index is 11.2. The smallest absolute Gasteiger partial charge is 0.246 e. The molecule has 0 aliphatic rings. The quantitative estimate of drug-likeness (QED) is 0.670. The molecule has 0 aliphatic carbocycles. The van der Waals surface area contributed by atoms with Crippen LogP contribution in [0.25, 0.3) is 0 Å². The standard InChI is InChI=1S/C10H15N3O/c1-4-10(14)12(3)8-9-6-7-13(5-2)11-9/h4,6-7H,1,5,8H2,2-3H3. The van der Waals surface area contributed by atoms with Crippen molar-refractivity contribution in [3.8, 4) is 0 Å². The topological polar surface area (TPSA) is 38.1 Å². The Morgan fingerprint density at radius 2 is 2.50 bits per heavy atom. The summed E-state index contributed by atoms with van der Waals surface area (Å²) in [5, 5.41) is 4.27. The summed E-state index contributed by atoms with van der Waals surface area (Å²) in [6, 6.07) is 1.91. The molecular weight excluding hydrogens is 178 g/mol. The normalized spacial score (nSPS) is 9.86. The predicted molar refractivity (Wildman–Crippen MR) is 54.6 cm³/mol. The Bertz CT molecular complexity index is 330. The molecule has 4 nitrogen and oxygen atoms in total. The molecule has 4 heteroatoms. The average molecular weight is 193 g/mol. The molecule has 0 aliphatic heterocycles. The van der Waals surface area contributed by atoms with Crippen LogP contribution in [-0.2, 0) is 17.9 Å². The van der Waals surface area contributed by atoms with Gasteiger partial charge in [-0.1, -0.05) is 6.58 Å². The zero-order valence-electron chi connectivity index (χ0n) is 8.60. The number of rotatable bonds is 4. The Morgan fingerprint density at radius 1 is 1.79 bits per heavy atom. The molecule has 0 saturated heterocycles. The van der Waals surface area contributed by atoms with Crippen LogP contribution in [0.2, 0.25) is 0 Å². The molecule has 0 unspecified atom stereocenters. The maximum absolute atomic E-state index is 11.2. The predicted octanol–water partition coefficient (Wildman–Crippen LogP) is 1.05. The summed E-state index contributed by atoms with van der Waals surface area (Å²) >= 11 is 0. The van der Waals surface area contributed by atoms with Crippen LogP contribution >= 0.6 is 0 Å². The Morgan fingerprint density at radius 3 is 3.00 bits per heavy atom. The Hall–Kier alpha value is -1.58. The molecular formula is C10H15N3O. The van der Waals surface area contributed by atoms with E-state index < -0.39 is 0 Å². The summed E-state index contributed by atoms with van der Waals surface area (Å²) in [4.78, 5) is 12.7. The number of aromatic nitrogens is 2. The van der Waals surface area contributed by atoms with E-state index in [9.17, 15) is 4.79 Å². The van der Waals surface area contributed by atoms with Gasteiger partial charge in [0.25, 0.3) is 0 Å². The van der Waals surface area contributed by atoms with Crippen LogP contribution < -0.4 is 0 Å². The van der Waals surface area contributed by atoms with E-state index in [1.54, 1.807) is 11.9 Å². The van der Waals surface area contributed by atoms with Crippen LogP contribution in [0, 0.1) is 0 Å². The van der Waals surface area contributed by atoms with Crippen LogP contribution in [0.1, 0.15) is 12.6 Å². The van der Waals surface area contributed by atoms with Gasteiger partial charge in [0.1, 0.15) is 0 Å². The monoisotopic (exact) mass is 193 g/mol. The Labute approximate surface area is 83.8 Å². The number of carbonyl (C=O) groups is 1. The molecule has 1 aromatic heterocycles. The lowest BCUT2D eigenvalue weighted by molar-refractivity contribution is -0.125. The molecule has 0 radical (unpaired) electrons. The lowest BCUT2D eigenvalue weighted by atomic mass is 10.4. The van der Waals surface area contributed by atoms with E-state index in [4.69, 9.17) is 0 Å². The SMILES string of the molecule is C=CC(=O)N(C)Cc1ccn(CC)n1. The van der Waals surface area contributed by atoms with E-state index in [0.717, 1.165) is 12.2 Å². The first-order valence-corrected chi connectivity index (χ1v) is 4.57. The van der Waals surface area contributed by atoms with Gasteiger partial charge in [0.05, 0.1) is 12.2 Å². The Kier molecular flexibility index (Phi) is 3.45. The van der Waals surface area contributed by atoms with E-state index in [2.05, 4.69) is 11.7 Å². The van der Waals surface area contributed by atoms with Gasteiger partial charge in [-0.05, 0) is 19.1 Å². The second-order valence-corrected chi connectivity index (χ2v) is 3.06. The zero-order chi connectivity index (χ0) is 10.6. The van der Waals surface area contributed by atoms with Gasteiger partial charge in [-0.3, -0.25) is 9.48 Å². The number of hydrogen-bond donors (Lipinski definition) is 0. The summed E-state index contributed by atoms with van der Waals surface area (Å²) in [6.07, 6.45) is 3.21. The highest BCUT2D eigenvalue weighted by Gasteiger charge is 2.06. The molecule has 0 N–H and O–H groups in total. The number of carbonyl (C=O) groups excluding carboxylic acids is 1. The second-order valence-electron chi connectivity index (χ2n) is 3.06. The summed E-state index contributed by atoms with van der Waals surface area (Å²) in [7, 11) is 1.73. The molecule has 0 bridgehead atoms. The highest BCUT2D eigenvalue weighted by atomic mass is 16.2. The minimum Gasteiger partial charge on any atom is -0.336 e. The van der Waals surface area contributed by atoms with Gasteiger partial charge in [0.2, 0.25) is 5.91 Å². The van der Waals surface area contributed by atoms with E-state index >= 15 is 0 Å². The van der Waals surface area contributed by atoms with Crippen molar-refractivity contribution in [2.24, 2.45) is 0 Å². The molecule has 0 atom stereocenters. The van der Waals surface area contributed by atoms with Crippen LogP contribution in [0.15, 0.2) is 24.9 Å². The second kappa shape index (κ2) is 4.60. The lowest BCUT2D eigenvalue weighted by Gasteiger charge is -2.12. The minimum atomic E-state index is -0.0870. The lowest BCUT2D eigenvalue weighted by Crippen LogP contribution is -2.24. The number of nitrogens with zero attached hydrogens (tertiary/aromatic N) is 3. The van der Waals surface area contributed by atoms with Gasteiger partial charge in [-0.15, -0.1) is 0 Å². The number of hydrogen-bond acceptors (Lipinski definition) is 2. The summed E-state index contributed by atoms with van der Waals surface area (Å²) < 4.78 is 1.83. The third-order valence-corrected chi connectivity index (χ3v) is 1.97. The van der Waals surface area contributed by atoms with Gasteiger partial charge < -0.3 is 4.90 Å². The third kappa shape index (κ3) is 2.45. The minimum absolute atomic E-state index is 0.0870. The molecule has 1 amide bonds. The highest BCUT2D eigenvalue weighted by Crippen LogP contribution is 2.00. The fourth-order valence-electron chi connectivity index (χ4n) is 1.14. The van der Waals surface area contributed by atoms with Crippen LogP contribution in [-0.4, -0.2) is 27.6 Å².